The summed E-state index contributed by atoms with van der Waals surface area (Å²) in [7, 11) is 0. The fraction of sp³-hybridized carbons (Fsp3) is 0.758. The molecule has 0 aromatic rings. The molecule has 1 saturated heterocycles. The van der Waals surface area contributed by atoms with Crippen LogP contribution in [0.2, 0.25) is 0 Å². The first-order valence-corrected chi connectivity index (χ1v) is 15.8. The van der Waals surface area contributed by atoms with E-state index in [0.717, 1.165) is 50.7 Å². The Balaban J connectivity index is 1.19. The summed E-state index contributed by atoms with van der Waals surface area (Å²) in [6.45, 7) is 8.32. The quantitative estimate of drug-likeness (QED) is 0.309. The van der Waals surface area contributed by atoms with Gasteiger partial charge in [-0.2, -0.15) is 0 Å². The minimum atomic E-state index is -1.02. The molecule has 3 saturated carbocycles. The second kappa shape index (κ2) is 11.3. The molecule has 3 N–H and O–H groups in total. The average Bonchev–Trinajstić information content (AvgIpc) is 3.55. The number of terminal acetylenes is 1. The van der Waals surface area contributed by atoms with Gasteiger partial charge >= 0.3 is 5.97 Å². The van der Waals surface area contributed by atoms with Gasteiger partial charge in [0.05, 0.1) is 5.71 Å². The SMILES string of the molecule is C#C[C@@]1(O)CC[C@@H]2[C@@H]3CCC4=C/C(=N/OCC(=O)N[C@@H](C(=O)N5CCC[C@@H]5C(=O)O)C(C)C)CC[C@]4(C)[C@@H]3CC[C@@]21C. The van der Waals surface area contributed by atoms with Gasteiger partial charge < -0.3 is 25.3 Å². The maximum atomic E-state index is 13.1. The summed E-state index contributed by atoms with van der Waals surface area (Å²) in [5, 5.41) is 27.7. The first-order chi connectivity index (χ1) is 19.8. The van der Waals surface area contributed by atoms with Crippen molar-refractivity contribution in [1.82, 2.24) is 10.2 Å². The number of nitrogens with one attached hydrogen (secondary N) is 1. The minimum Gasteiger partial charge on any atom is -0.480 e. The Hall–Kier alpha value is -2.86. The molecule has 9 heteroatoms. The maximum absolute atomic E-state index is 13.1. The molecule has 8 atom stereocenters. The number of carboxylic acids is 1. The van der Waals surface area contributed by atoms with Crippen molar-refractivity contribution in [2.24, 2.45) is 39.7 Å². The number of carboxylic acid groups (broad SMARTS) is 1. The van der Waals surface area contributed by atoms with E-state index in [9.17, 15) is 24.6 Å². The molecule has 1 aliphatic heterocycles. The molecular formula is C33H47N3O6. The lowest BCUT2D eigenvalue weighted by Gasteiger charge is -2.58. The number of carbonyl (C=O) groups excluding carboxylic acids is 2. The third kappa shape index (κ3) is 5.04. The van der Waals surface area contributed by atoms with Crippen molar-refractivity contribution in [3.05, 3.63) is 11.6 Å². The van der Waals surface area contributed by atoms with Crippen LogP contribution in [-0.2, 0) is 19.2 Å². The fourth-order valence-corrected chi connectivity index (χ4v) is 9.26. The van der Waals surface area contributed by atoms with Crippen molar-refractivity contribution < 1.29 is 29.4 Å². The molecule has 0 radical (unpaired) electrons. The standard InChI is InChI=1S/C33H47N3O6/c1-6-33(41)16-13-25-23-10-9-21-18-22(11-14-31(21,4)24(23)12-15-32(25,33)5)35-42-19-27(37)34-28(20(2)3)29(38)36-17-7-8-26(36)30(39)40/h1,18,20,23-26,28,41H,7-17,19H2,2-5H3,(H,34,37)(H,39,40)/b35-22+/t23-,24-,25-,26-,28-,31+,32+,33-/m1/s1. The number of rotatable bonds is 7. The van der Waals surface area contributed by atoms with Crippen LogP contribution in [0.4, 0.5) is 0 Å². The zero-order chi connectivity index (χ0) is 30.4. The molecule has 42 heavy (non-hydrogen) atoms. The lowest BCUT2D eigenvalue weighted by atomic mass is 9.46. The van der Waals surface area contributed by atoms with Crippen LogP contribution in [0, 0.1) is 46.8 Å². The number of likely N-dealkylation sites (tertiary alicyclic amines) is 1. The summed E-state index contributed by atoms with van der Waals surface area (Å²) in [6, 6.07) is -1.67. The number of hydrogen-bond donors (Lipinski definition) is 3. The summed E-state index contributed by atoms with van der Waals surface area (Å²) < 4.78 is 0. The Morgan fingerprint density at radius 3 is 2.57 bits per heavy atom. The van der Waals surface area contributed by atoms with E-state index in [1.165, 1.54) is 10.5 Å². The lowest BCUT2D eigenvalue weighted by Crippen LogP contribution is -2.54. The minimum absolute atomic E-state index is 0.0890. The fourth-order valence-electron chi connectivity index (χ4n) is 9.26. The molecule has 1 heterocycles. The maximum Gasteiger partial charge on any atom is 0.326 e. The van der Waals surface area contributed by atoms with E-state index in [1.807, 2.05) is 13.8 Å². The first kappa shape index (κ1) is 30.6. The second-order valence-corrected chi connectivity index (χ2v) is 14.2. The van der Waals surface area contributed by atoms with Gasteiger partial charge in [0.1, 0.15) is 17.7 Å². The molecule has 5 aliphatic rings. The van der Waals surface area contributed by atoms with Crippen LogP contribution >= 0.6 is 0 Å². The van der Waals surface area contributed by atoms with E-state index < -0.39 is 29.6 Å². The molecule has 9 nitrogen and oxygen atoms in total. The van der Waals surface area contributed by atoms with Crippen LogP contribution in [0.5, 0.6) is 0 Å². The topological polar surface area (TPSA) is 129 Å². The molecule has 4 aliphatic carbocycles. The molecule has 0 unspecified atom stereocenters. The van der Waals surface area contributed by atoms with Crippen molar-refractivity contribution in [3.8, 4) is 12.3 Å². The predicted octanol–water partition coefficient (Wildman–Crippen LogP) is 3.90. The van der Waals surface area contributed by atoms with Crippen LogP contribution in [-0.4, -0.2) is 69.4 Å². The van der Waals surface area contributed by atoms with Crippen LogP contribution in [0.15, 0.2) is 16.8 Å². The Labute approximate surface area is 249 Å². The van der Waals surface area contributed by atoms with Crippen molar-refractivity contribution >= 4 is 23.5 Å². The summed E-state index contributed by atoms with van der Waals surface area (Å²) in [6.07, 6.45) is 16.6. The van der Waals surface area contributed by atoms with Gasteiger partial charge in [-0.3, -0.25) is 9.59 Å². The van der Waals surface area contributed by atoms with Gasteiger partial charge in [-0.05, 0) is 99.4 Å². The number of amides is 2. The number of hydrogen-bond acceptors (Lipinski definition) is 6. The van der Waals surface area contributed by atoms with Crippen LogP contribution in [0.1, 0.15) is 91.9 Å². The zero-order valence-corrected chi connectivity index (χ0v) is 25.5. The molecule has 2 amide bonds. The van der Waals surface area contributed by atoms with Crippen LogP contribution < -0.4 is 5.32 Å². The molecule has 4 fully saturated rings. The van der Waals surface area contributed by atoms with Gasteiger partial charge in [0.2, 0.25) is 5.91 Å². The molecule has 0 aromatic heterocycles. The zero-order valence-electron chi connectivity index (χ0n) is 25.5. The van der Waals surface area contributed by atoms with E-state index in [1.54, 1.807) is 0 Å². The number of allylic oxidation sites excluding steroid dienone is 2. The van der Waals surface area contributed by atoms with E-state index in [0.29, 0.717) is 43.6 Å². The van der Waals surface area contributed by atoms with Crippen molar-refractivity contribution in [2.45, 2.75) is 110 Å². The predicted molar refractivity (Wildman–Crippen MR) is 158 cm³/mol. The summed E-state index contributed by atoms with van der Waals surface area (Å²) in [5.74, 6) is 2.29. The van der Waals surface area contributed by atoms with Gasteiger partial charge in [0.15, 0.2) is 6.61 Å². The van der Waals surface area contributed by atoms with E-state index in [2.05, 4.69) is 36.3 Å². The number of oxime groups is 1. The van der Waals surface area contributed by atoms with Crippen LogP contribution in [0.25, 0.3) is 0 Å². The Morgan fingerprint density at radius 1 is 1.14 bits per heavy atom. The highest BCUT2D eigenvalue weighted by atomic mass is 16.6. The Morgan fingerprint density at radius 2 is 1.88 bits per heavy atom. The summed E-state index contributed by atoms with van der Waals surface area (Å²) in [5.41, 5.74) is 1.12. The number of carbonyl (C=O) groups is 3. The van der Waals surface area contributed by atoms with Gasteiger partial charge in [0.25, 0.3) is 5.91 Å². The molecule has 0 aromatic carbocycles. The van der Waals surface area contributed by atoms with Crippen molar-refractivity contribution in [1.29, 1.82) is 0 Å². The molecule has 5 rings (SSSR count). The second-order valence-electron chi connectivity index (χ2n) is 14.2. The number of nitrogens with zero attached hydrogens (tertiary/aromatic N) is 2. The van der Waals surface area contributed by atoms with E-state index in [-0.39, 0.29) is 29.3 Å². The lowest BCUT2D eigenvalue weighted by molar-refractivity contribution is -0.150. The van der Waals surface area contributed by atoms with E-state index >= 15 is 0 Å². The highest BCUT2D eigenvalue weighted by molar-refractivity contribution is 5.96. The normalized spacial score (nSPS) is 39.0. The average molecular weight is 582 g/mol. The smallest absolute Gasteiger partial charge is 0.326 e. The van der Waals surface area contributed by atoms with Gasteiger partial charge in [-0.1, -0.05) is 44.3 Å². The van der Waals surface area contributed by atoms with Gasteiger partial charge in [-0.25, -0.2) is 4.79 Å². The third-order valence-corrected chi connectivity index (χ3v) is 11.8. The van der Waals surface area contributed by atoms with E-state index in [4.69, 9.17) is 11.3 Å². The van der Waals surface area contributed by atoms with Gasteiger partial charge in [-0.15, -0.1) is 6.42 Å². The largest absolute Gasteiger partial charge is 0.480 e. The molecule has 230 valence electrons. The highest BCUT2D eigenvalue weighted by Crippen LogP contribution is 2.67. The Kier molecular flexibility index (Phi) is 8.25. The first-order valence-electron chi connectivity index (χ1n) is 15.8. The summed E-state index contributed by atoms with van der Waals surface area (Å²) in [4.78, 5) is 44.2. The van der Waals surface area contributed by atoms with Gasteiger partial charge in [0, 0.05) is 12.0 Å². The van der Waals surface area contributed by atoms with Crippen molar-refractivity contribution in [3.63, 3.8) is 0 Å². The number of aliphatic carboxylic acids is 1. The number of aliphatic hydroxyl groups is 1. The molecular weight excluding hydrogens is 534 g/mol. The molecule has 0 spiro atoms. The molecule has 0 bridgehead atoms. The Bertz CT molecular complexity index is 1220. The number of fused-ring (bicyclic) bond motifs is 5. The highest BCUT2D eigenvalue weighted by Gasteiger charge is 2.63. The van der Waals surface area contributed by atoms with Crippen LogP contribution in [0.3, 0.4) is 0 Å². The summed E-state index contributed by atoms with van der Waals surface area (Å²) >= 11 is 0. The van der Waals surface area contributed by atoms with Crippen molar-refractivity contribution in [2.75, 3.05) is 13.2 Å². The monoisotopic (exact) mass is 581 g/mol. The third-order valence-electron chi connectivity index (χ3n) is 11.8.